The van der Waals surface area contributed by atoms with Crippen LogP contribution in [0.15, 0.2) is 24.3 Å². The van der Waals surface area contributed by atoms with E-state index in [1.165, 1.54) is 13.8 Å². The van der Waals surface area contributed by atoms with E-state index >= 15 is 0 Å². The molecule has 0 saturated heterocycles. The number of carbonyl (C=O) groups is 4. The number of carboxylic acid groups (broad SMARTS) is 2. The molecular weight excluding hydrogens is 358 g/mol. The zero-order chi connectivity index (χ0) is 19.9. The number of ketones is 2. The fourth-order valence-electron chi connectivity index (χ4n) is 3.65. The number of fused-ring (bicyclic) bond motifs is 2. The molecule has 0 aromatic heterocycles. The quantitative estimate of drug-likeness (QED) is 0.607. The largest absolute Gasteiger partial charge is 0.481 e. The molecule has 0 saturated carbocycles. The van der Waals surface area contributed by atoms with Crippen LogP contribution in [-0.2, 0) is 19.1 Å². The highest BCUT2D eigenvalue weighted by Crippen LogP contribution is 2.57. The van der Waals surface area contributed by atoms with Gasteiger partial charge in [0.1, 0.15) is 17.4 Å². The van der Waals surface area contributed by atoms with Crippen molar-refractivity contribution in [2.45, 2.75) is 31.1 Å². The number of aliphatic carboxylic acids is 2. The molecule has 7 nitrogen and oxygen atoms in total. The van der Waals surface area contributed by atoms with E-state index < -0.39 is 45.6 Å². The zero-order valence-electron chi connectivity index (χ0n) is 14.7. The first kappa shape index (κ1) is 20.1. The van der Waals surface area contributed by atoms with Crippen LogP contribution in [0.1, 0.15) is 36.2 Å². The average Bonchev–Trinajstić information content (AvgIpc) is 2.62. The van der Waals surface area contributed by atoms with Gasteiger partial charge in [-0.15, -0.1) is 0 Å². The van der Waals surface area contributed by atoms with Crippen molar-refractivity contribution in [3.8, 4) is 0 Å². The van der Waals surface area contributed by atoms with Gasteiger partial charge in [-0.2, -0.15) is 11.8 Å². The lowest BCUT2D eigenvalue weighted by atomic mass is 9.59. The van der Waals surface area contributed by atoms with E-state index in [4.69, 9.17) is 5.73 Å². The van der Waals surface area contributed by atoms with Crippen molar-refractivity contribution in [3.63, 3.8) is 0 Å². The van der Waals surface area contributed by atoms with Crippen molar-refractivity contribution in [1.82, 2.24) is 0 Å². The first-order chi connectivity index (χ1) is 12.0. The Hall–Kier alpha value is -2.19. The first-order valence-electron chi connectivity index (χ1n) is 7.99. The third kappa shape index (κ3) is 2.73. The maximum atomic E-state index is 13.2. The molecule has 1 aromatic rings. The molecule has 0 fully saturated rings. The Kier molecular flexibility index (Phi) is 5.30. The van der Waals surface area contributed by atoms with Crippen molar-refractivity contribution in [2.75, 3.05) is 6.26 Å². The Morgan fingerprint density at radius 1 is 1.23 bits per heavy atom. The second kappa shape index (κ2) is 6.85. The fourth-order valence-corrected chi connectivity index (χ4v) is 4.96. The van der Waals surface area contributed by atoms with Crippen molar-refractivity contribution < 1.29 is 29.4 Å². The Morgan fingerprint density at radius 2 is 1.85 bits per heavy atom. The molecule has 4 N–H and O–H groups in total. The number of benzene rings is 1. The van der Waals surface area contributed by atoms with Crippen LogP contribution in [0.5, 0.6) is 0 Å². The van der Waals surface area contributed by atoms with Gasteiger partial charge < -0.3 is 15.9 Å². The Morgan fingerprint density at radius 3 is 2.35 bits per heavy atom. The highest BCUT2D eigenvalue weighted by Gasteiger charge is 2.62. The molecule has 0 radical (unpaired) electrons. The number of hydrogen-bond donors (Lipinski definition) is 3. The van der Waals surface area contributed by atoms with E-state index in [0.29, 0.717) is 11.1 Å². The van der Waals surface area contributed by atoms with E-state index in [9.17, 15) is 29.4 Å². The molecule has 0 spiro atoms. The number of rotatable bonds is 7. The van der Waals surface area contributed by atoms with E-state index in [-0.39, 0.29) is 6.42 Å². The number of nitrogens with two attached hydrogens (primary N) is 1. The molecule has 26 heavy (non-hydrogen) atoms. The van der Waals surface area contributed by atoms with Crippen LogP contribution in [0.4, 0.5) is 0 Å². The SMILES string of the molecule is CSC1(CC(N)C(=O)O)c2cccc(c2)C(=O)C1(C)C(=O)C(C)C(=O)O. The topological polar surface area (TPSA) is 135 Å². The summed E-state index contributed by atoms with van der Waals surface area (Å²) in [6.07, 6.45) is 1.48. The first-order valence-corrected chi connectivity index (χ1v) is 9.21. The summed E-state index contributed by atoms with van der Waals surface area (Å²) < 4.78 is -1.28. The molecule has 8 heteroatoms. The summed E-state index contributed by atoms with van der Waals surface area (Å²) in [5, 5.41) is 18.6. The summed E-state index contributed by atoms with van der Waals surface area (Å²) in [5.74, 6) is -5.28. The molecule has 2 bridgehead atoms. The number of hydrogen-bond acceptors (Lipinski definition) is 6. The van der Waals surface area contributed by atoms with Crippen LogP contribution in [0.2, 0.25) is 0 Å². The van der Waals surface area contributed by atoms with Gasteiger partial charge in [-0.3, -0.25) is 19.2 Å². The van der Waals surface area contributed by atoms with Gasteiger partial charge in [0.15, 0.2) is 11.6 Å². The monoisotopic (exact) mass is 379 g/mol. The van der Waals surface area contributed by atoms with Gasteiger partial charge in [0, 0.05) is 5.56 Å². The average molecular weight is 379 g/mol. The summed E-state index contributed by atoms with van der Waals surface area (Å²) in [6.45, 7) is 2.64. The van der Waals surface area contributed by atoms with Gasteiger partial charge in [0.05, 0.1) is 4.75 Å². The summed E-state index contributed by atoms with van der Waals surface area (Å²) >= 11 is 1.15. The van der Waals surface area contributed by atoms with Crippen LogP contribution in [-0.4, -0.2) is 46.0 Å². The zero-order valence-corrected chi connectivity index (χ0v) is 15.5. The van der Waals surface area contributed by atoms with Gasteiger partial charge in [0.2, 0.25) is 0 Å². The summed E-state index contributed by atoms with van der Waals surface area (Å²) in [4.78, 5) is 49.1. The second-order valence-electron chi connectivity index (χ2n) is 6.64. The van der Waals surface area contributed by atoms with Crippen molar-refractivity contribution >= 4 is 35.3 Å². The Bertz CT molecular complexity index is 794. The second-order valence-corrected chi connectivity index (χ2v) is 7.74. The minimum Gasteiger partial charge on any atom is -0.481 e. The van der Waals surface area contributed by atoms with Crippen molar-refractivity contribution in [3.05, 3.63) is 35.4 Å². The Labute approximate surface area is 155 Å². The van der Waals surface area contributed by atoms with Gasteiger partial charge in [0.25, 0.3) is 0 Å². The molecule has 0 aliphatic heterocycles. The van der Waals surface area contributed by atoms with E-state index in [0.717, 1.165) is 11.8 Å². The lowest BCUT2D eigenvalue weighted by Crippen LogP contribution is -2.58. The van der Waals surface area contributed by atoms with Crippen LogP contribution in [0.25, 0.3) is 0 Å². The number of Topliss-reactive ketones (excluding diaryl/α,β-unsaturated/α-hetero) is 2. The molecule has 140 valence electrons. The van der Waals surface area contributed by atoms with Gasteiger partial charge in [-0.25, -0.2) is 0 Å². The summed E-state index contributed by atoms with van der Waals surface area (Å²) in [6, 6.07) is 5.23. The molecule has 1 aliphatic carbocycles. The molecule has 4 unspecified atom stereocenters. The molecule has 0 amide bonds. The van der Waals surface area contributed by atoms with Crippen molar-refractivity contribution in [2.24, 2.45) is 17.1 Å². The Balaban J connectivity index is 2.76. The van der Waals surface area contributed by atoms with Crippen molar-refractivity contribution in [1.29, 1.82) is 0 Å². The van der Waals surface area contributed by atoms with Gasteiger partial charge in [-0.1, -0.05) is 18.2 Å². The van der Waals surface area contributed by atoms with Crippen LogP contribution < -0.4 is 5.73 Å². The fraction of sp³-hybridized carbons (Fsp3) is 0.444. The molecule has 1 aromatic carbocycles. The van der Waals surface area contributed by atoms with Crippen LogP contribution in [0.3, 0.4) is 0 Å². The minimum absolute atomic E-state index is 0.187. The maximum absolute atomic E-state index is 13.2. The molecule has 0 heterocycles. The van der Waals surface area contributed by atoms with Gasteiger partial charge >= 0.3 is 11.9 Å². The van der Waals surface area contributed by atoms with E-state index in [1.54, 1.807) is 30.5 Å². The third-order valence-corrected chi connectivity index (χ3v) is 6.79. The third-order valence-electron chi connectivity index (χ3n) is 5.28. The normalized spacial score (nSPS) is 26.8. The van der Waals surface area contributed by atoms with E-state index in [1.807, 2.05) is 0 Å². The number of thioether (sulfide) groups is 1. The highest BCUT2D eigenvalue weighted by atomic mass is 32.2. The lowest BCUT2D eigenvalue weighted by Gasteiger charge is -2.49. The predicted molar refractivity (Wildman–Crippen MR) is 96.1 cm³/mol. The van der Waals surface area contributed by atoms with Crippen LogP contribution in [0, 0.1) is 11.3 Å². The molecular formula is C18H21NO6S. The standard InChI is InChI=1S/C18H21NO6S/c1-9(15(22)23)13(20)17(2)14(21)10-5-4-6-11(7-10)18(17,26-3)8-12(19)16(24)25/h4-7,9,12H,8,19H2,1-3H3,(H,22,23)(H,24,25). The maximum Gasteiger partial charge on any atom is 0.320 e. The smallest absolute Gasteiger partial charge is 0.320 e. The molecule has 1 aliphatic rings. The minimum atomic E-state index is -1.75. The van der Waals surface area contributed by atoms with Gasteiger partial charge in [-0.05, 0) is 38.2 Å². The molecule has 2 rings (SSSR count). The lowest BCUT2D eigenvalue weighted by molar-refractivity contribution is -0.149. The van der Waals surface area contributed by atoms with Crippen LogP contribution >= 0.6 is 11.8 Å². The summed E-state index contributed by atoms with van der Waals surface area (Å²) in [5.41, 5.74) is 4.90. The highest BCUT2D eigenvalue weighted by molar-refractivity contribution is 7.99. The van der Waals surface area contributed by atoms with E-state index in [2.05, 4.69) is 0 Å². The number of carbonyl (C=O) groups excluding carboxylic acids is 2. The number of carboxylic acids is 2. The molecule has 4 atom stereocenters. The predicted octanol–water partition coefficient (Wildman–Crippen LogP) is 1.54. The summed E-state index contributed by atoms with van der Waals surface area (Å²) in [7, 11) is 0.